The van der Waals surface area contributed by atoms with Crippen LogP contribution in [0.15, 0.2) is 11.6 Å². The first kappa shape index (κ1) is 9.03. The van der Waals surface area contributed by atoms with Gasteiger partial charge in [0.2, 0.25) is 0 Å². The Hall–Kier alpha value is -0.0600. The van der Waals surface area contributed by atoms with E-state index >= 15 is 0 Å². The highest BCUT2D eigenvalue weighted by Gasteiger charge is 1.97. The van der Waals surface area contributed by atoms with Gasteiger partial charge in [0.15, 0.2) is 0 Å². The summed E-state index contributed by atoms with van der Waals surface area (Å²) in [5, 5.41) is 3.19. The minimum absolute atomic E-state index is 0.292. The number of hydrogen-bond acceptors (Lipinski definition) is 4. The Balaban J connectivity index is 2.14. The second-order valence-electron chi connectivity index (χ2n) is 2.42. The Morgan fingerprint density at radius 3 is 3.18 bits per heavy atom. The molecule has 4 heteroatoms. The third-order valence-electron chi connectivity index (χ3n) is 1.09. The van der Waals surface area contributed by atoms with Crippen LogP contribution in [0, 0.1) is 0 Å². The Kier molecular flexibility index (Phi) is 3.90. The highest BCUT2D eigenvalue weighted by Crippen LogP contribution is 2.14. The summed E-state index contributed by atoms with van der Waals surface area (Å²) >= 11 is 3.54. The molecule has 0 fully saturated rings. The van der Waals surface area contributed by atoms with Crippen molar-refractivity contribution >= 4 is 23.1 Å². The SMILES string of the molecule is CC(N)CSCc1nccs1. The van der Waals surface area contributed by atoms with Crippen LogP contribution in [0.4, 0.5) is 0 Å². The van der Waals surface area contributed by atoms with Gasteiger partial charge >= 0.3 is 0 Å². The second-order valence-corrected chi connectivity index (χ2v) is 4.43. The van der Waals surface area contributed by atoms with Gasteiger partial charge in [0.05, 0.1) is 0 Å². The third kappa shape index (κ3) is 3.74. The molecule has 11 heavy (non-hydrogen) atoms. The van der Waals surface area contributed by atoms with Gasteiger partial charge in [-0.3, -0.25) is 0 Å². The molecule has 0 aliphatic heterocycles. The van der Waals surface area contributed by atoms with Crippen molar-refractivity contribution in [2.45, 2.75) is 18.7 Å². The maximum atomic E-state index is 5.59. The maximum absolute atomic E-state index is 5.59. The lowest BCUT2D eigenvalue weighted by Gasteiger charge is -2.01. The molecule has 0 radical (unpaired) electrons. The lowest BCUT2D eigenvalue weighted by atomic mass is 10.4. The van der Waals surface area contributed by atoms with Gasteiger partial charge in [-0.15, -0.1) is 11.3 Å². The molecule has 1 atom stereocenters. The summed E-state index contributed by atoms with van der Waals surface area (Å²) in [4.78, 5) is 4.17. The van der Waals surface area contributed by atoms with Crippen molar-refractivity contribution in [3.05, 3.63) is 16.6 Å². The molecule has 1 rings (SSSR count). The van der Waals surface area contributed by atoms with Gasteiger partial charge < -0.3 is 5.73 Å². The molecule has 0 saturated heterocycles. The van der Waals surface area contributed by atoms with Crippen LogP contribution in [0.3, 0.4) is 0 Å². The van der Waals surface area contributed by atoms with E-state index in [1.807, 2.05) is 30.3 Å². The van der Waals surface area contributed by atoms with Crippen molar-refractivity contribution < 1.29 is 0 Å². The molecule has 62 valence electrons. The fraction of sp³-hybridized carbons (Fsp3) is 0.571. The predicted octanol–water partition coefficient (Wildman–Crippen LogP) is 1.72. The van der Waals surface area contributed by atoms with Gasteiger partial charge in [-0.1, -0.05) is 0 Å². The molecule has 0 saturated carbocycles. The summed E-state index contributed by atoms with van der Waals surface area (Å²) in [6.45, 7) is 2.02. The molecule has 1 heterocycles. The highest BCUT2D eigenvalue weighted by molar-refractivity contribution is 7.98. The summed E-state index contributed by atoms with van der Waals surface area (Å²) in [6, 6.07) is 0.292. The Labute approximate surface area is 75.2 Å². The first-order chi connectivity index (χ1) is 5.29. The number of aromatic nitrogens is 1. The average molecular weight is 188 g/mol. The standard InChI is InChI=1S/C7H12N2S2/c1-6(8)4-10-5-7-9-2-3-11-7/h2-3,6H,4-5,8H2,1H3. The van der Waals surface area contributed by atoms with Gasteiger partial charge in [-0.05, 0) is 6.92 Å². The number of nitrogens with zero attached hydrogens (tertiary/aromatic N) is 1. The summed E-state index contributed by atoms with van der Waals surface area (Å²) < 4.78 is 0. The van der Waals surface area contributed by atoms with E-state index < -0.39 is 0 Å². The highest BCUT2D eigenvalue weighted by atomic mass is 32.2. The fourth-order valence-corrected chi connectivity index (χ4v) is 2.32. The van der Waals surface area contributed by atoms with E-state index in [0.29, 0.717) is 6.04 Å². The number of thioether (sulfide) groups is 1. The van der Waals surface area contributed by atoms with Crippen LogP contribution in [0.25, 0.3) is 0 Å². The third-order valence-corrected chi connectivity index (χ3v) is 3.29. The van der Waals surface area contributed by atoms with Crippen molar-refractivity contribution in [2.24, 2.45) is 5.73 Å². The Bertz CT molecular complexity index is 184. The zero-order chi connectivity index (χ0) is 8.10. The molecule has 0 aliphatic carbocycles. The molecule has 0 spiro atoms. The van der Waals surface area contributed by atoms with Crippen molar-refractivity contribution in [3.8, 4) is 0 Å². The number of nitrogens with two attached hydrogens (primary N) is 1. The van der Waals surface area contributed by atoms with Gasteiger partial charge in [-0.2, -0.15) is 11.8 Å². The van der Waals surface area contributed by atoms with E-state index in [-0.39, 0.29) is 0 Å². The van der Waals surface area contributed by atoms with Gasteiger partial charge in [0.25, 0.3) is 0 Å². The smallest absolute Gasteiger partial charge is 0.102 e. The monoisotopic (exact) mass is 188 g/mol. The molecule has 1 aromatic heterocycles. The maximum Gasteiger partial charge on any atom is 0.102 e. The molecule has 0 bridgehead atoms. The minimum Gasteiger partial charge on any atom is -0.327 e. The lowest BCUT2D eigenvalue weighted by Crippen LogP contribution is -2.17. The van der Waals surface area contributed by atoms with Crippen LogP contribution < -0.4 is 5.73 Å². The minimum atomic E-state index is 0.292. The molecule has 1 unspecified atom stereocenters. The normalized spacial score (nSPS) is 13.3. The van der Waals surface area contributed by atoms with E-state index in [1.165, 1.54) is 5.01 Å². The quantitative estimate of drug-likeness (QED) is 0.782. The summed E-state index contributed by atoms with van der Waals surface area (Å²) in [5.41, 5.74) is 5.59. The molecule has 2 nitrogen and oxygen atoms in total. The van der Waals surface area contributed by atoms with E-state index in [0.717, 1.165) is 11.5 Å². The molecular formula is C7H12N2S2. The van der Waals surface area contributed by atoms with Gasteiger partial charge in [-0.25, -0.2) is 4.98 Å². The lowest BCUT2D eigenvalue weighted by molar-refractivity contribution is 0.847. The number of hydrogen-bond donors (Lipinski definition) is 1. The first-order valence-corrected chi connectivity index (χ1v) is 5.54. The van der Waals surface area contributed by atoms with Crippen molar-refractivity contribution in [1.82, 2.24) is 4.98 Å². The van der Waals surface area contributed by atoms with Gasteiger partial charge in [0, 0.05) is 29.1 Å². The van der Waals surface area contributed by atoms with E-state index in [2.05, 4.69) is 4.98 Å². The molecule has 1 aromatic rings. The van der Waals surface area contributed by atoms with E-state index in [9.17, 15) is 0 Å². The molecule has 2 N–H and O–H groups in total. The van der Waals surface area contributed by atoms with Crippen LogP contribution >= 0.6 is 23.1 Å². The predicted molar refractivity (Wildman–Crippen MR) is 51.9 cm³/mol. The van der Waals surface area contributed by atoms with Crippen LogP contribution in [-0.2, 0) is 5.75 Å². The van der Waals surface area contributed by atoms with Crippen molar-refractivity contribution in [3.63, 3.8) is 0 Å². The Morgan fingerprint density at radius 2 is 2.64 bits per heavy atom. The largest absolute Gasteiger partial charge is 0.327 e. The topological polar surface area (TPSA) is 38.9 Å². The number of rotatable bonds is 4. The van der Waals surface area contributed by atoms with Crippen LogP contribution in [0.1, 0.15) is 11.9 Å². The zero-order valence-corrected chi connectivity index (χ0v) is 8.12. The summed E-state index contributed by atoms with van der Waals surface area (Å²) in [7, 11) is 0. The average Bonchev–Trinajstić information content (AvgIpc) is 2.39. The molecule has 0 aromatic carbocycles. The fourth-order valence-electron chi connectivity index (χ4n) is 0.656. The zero-order valence-electron chi connectivity index (χ0n) is 6.49. The van der Waals surface area contributed by atoms with Crippen molar-refractivity contribution in [1.29, 1.82) is 0 Å². The summed E-state index contributed by atoms with van der Waals surface area (Å²) in [6.07, 6.45) is 1.84. The van der Waals surface area contributed by atoms with Crippen LogP contribution in [0.2, 0.25) is 0 Å². The van der Waals surface area contributed by atoms with E-state index in [4.69, 9.17) is 5.73 Å². The van der Waals surface area contributed by atoms with Crippen LogP contribution in [-0.4, -0.2) is 16.8 Å². The molecule has 0 aliphatic rings. The number of thiazole rings is 1. The van der Waals surface area contributed by atoms with E-state index in [1.54, 1.807) is 11.3 Å². The first-order valence-electron chi connectivity index (χ1n) is 3.50. The molecule has 0 amide bonds. The van der Waals surface area contributed by atoms with Crippen molar-refractivity contribution in [2.75, 3.05) is 5.75 Å². The van der Waals surface area contributed by atoms with Gasteiger partial charge in [0.1, 0.15) is 5.01 Å². The molecular weight excluding hydrogens is 176 g/mol. The van der Waals surface area contributed by atoms with Crippen LogP contribution in [0.5, 0.6) is 0 Å². The second kappa shape index (κ2) is 4.74. The summed E-state index contributed by atoms with van der Waals surface area (Å²) in [5.74, 6) is 2.01. The Morgan fingerprint density at radius 1 is 1.82 bits per heavy atom.